The maximum atomic E-state index is 6.28. The van der Waals surface area contributed by atoms with Crippen molar-refractivity contribution in [2.75, 3.05) is 0 Å². The minimum atomic E-state index is -0.0192. The summed E-state index contributed by atoms with van der Waals surface area (Å²) in [6, 6.07) is 12.3. The maximum Gasteiger partial charge on any atom is 0.0515 e. The Morgan fingerprint density at radius 3 is 2.62 bits per heavy atom. The van der Waals surface area contributed by atoms with Crippen LogP contribution in [-0.2, 0) is 19.3 Å². The van der Waals surface area contributed by atoms with Crippen LogP contribution in [0.15, 0.2) is 36.4 Å². The number of nitrogens with one attached hydrogen (secondary N) is 1. The van der Waals surface area contributed by atoms with Gasteiger partial charge >= 0.3 is 0 Å². The zero-order chi connectivity index (χ0) is 14.8. The fourth-order valence-corrected chi connectivity index (χ4v) is 3.57. The van der Waals surface area contributed by atoms with Crippen LogP contribution in [0.1, 0.15) is 34.7 Å². The molecular formula is C17H18Cl2N2. The van der Waals surface area contributed by atoms with Gasteiger partial charge in [-0.1, -0.05) is 47.5 Å². The van der Waals surface area contributed by atoms with Gasteiger partial charge in [-0.05, 0) is 60.1 Å². The summed E-state index contributed by atoms with van der Waals surface area (Å²) >= 11 is 12.2. The first-order valence-electron chi connectivity index (χ1n) is 7.19. The van der Waals surface area contributed by atoms with E-state index in [0.717, 1.165) is 12.0 Å². The van der Waals surface area contributed by atoms with E-state index in [4.69, 9.17) is 29.0 Å². The van der Waals surface area contributed by atoms with Crippen LogP contribution in [-0.4, -0.2) is 0 Å². The van der Waals surface area contributed by atoms with E-state index >= 15 is 0 Å². The van der Waals surface area contributed by atoms with Gasteiger partial charge in [0.1, 0.15) is 0 Å². The van der Waals surface area contributed by atoms with Gasteiger partial charge in [-0.3, -0.25) is 11.3 Å². The van der Waals surface area contributed by atoms with Crippen LogP contribution < -0.4 is 11.3 Å². The summed E-state index contributed by atoms with van der Waals surface area (Å²) in [5, 5.41) is 1.28. The molecule has 1 aliphatic carbocycles. The van der Waals surface area contributed by atoms with Gasteiger partial charge in [-0.25, -0.2) is 0 Å². The molecule has 0 aliphatic heterocycles. The van der Waals surface area contributed by atoms with Gasteiger partial charge in [-0.15, -0.1) is 0 Å². The van der Waals surface area contributed by atoms with Crippen LogP contribution in [0.2, 0.25) is 10.0 Å². The number of rotatable bonds is 4. The minimum absolute atomic E-state index is 0.0192. The Morgan fingerprint density at radius 2 is 1.86 bits per heavy atom. The lowest BCUT2D eigenvalue weighted by Crippen LogP contribution is -2.29. The number of hydrogen-bond donors (Lipinski definition) is 2. The number of benzene rings is 2. The Kier molecular flexibility index (Phi) is 4.51. The van der Waals surface area contributed by atoms with Crippen molar-refractivity contribution in [1.29, 1.82) is 0 Å². The molecule has 21 heavy (non-hydrogen) atoms. The molecule has 4 heteroatoms. The van der Waals surface area contributed by atoms with Crippen molar-refractivity contribution in [2.45, 2.75) is 31.7 Å². The van der Waals surface area contributed by atoms with Crippen molar-refractivity contribution in [3.8, 4) is 0 Å². The number of nitrogens with two attached hydrogens (primary N) is 1. The van der Waals surface area contributed by atoms with E-state index in [1.165, 1.54) is 36.0 Å². The molecule has 0 aromatic heterocycles. The second-order valence-electron chi connectivity index (χ2n) is 5.55. The summed E-state index contributed by atoms with van der Waals surface area (Å²) in [7, 11) is 0. The zero-order valence-electron chi connectivity index (χ0n) is 11.7. The van der Waals surface area contributed by atoms with Crippen molar-refractivity contribution < 1.29 is 0 Å². The van der Waals surface area contributed by atoms with E-state index in [0.29, 0.717) is 10.0 Å². The van der Waals surface area contributed by atoms with Crippen molar-refractivity contribution in [1.82, 2.24) is 5.43 Å². The van der Waals surface area contributed by atoms with Crippen LogP contribution in [0.5, 0.6) is 0 Å². The first-order valence-corrected chi connectivity index (χ1v) is 7.94. The lowest BCUT2D eigenvalue weighted by Gasteiger charge is -2.18. The van der Waals surface area contributed by atoms with E-state index in [2.05, 4.69) is 23.6 Å². The molecule has 110 valence electrons. The molecule has 2 nitrogen and oxygen atoms in total. The molecule has 1 unspecified atom stereocenters. The Balaban J connectivity index is 1.84. The second-order valence-corrected chi connectivity index (χ2v) is 6.39. The molecule has 1 aliphatic rings. The summed E-state index contributed by atoms with van der Waals surface area (Å²) in [6.45, 7) is 0. The monoisotopic (exact) mass is 320 g/mol. The Hall–Kier alpha value is -1.06. The van der Waals surface area contributed by atoms with Gasteiger partial charge in [0.05, 0.1) is 6.04 Å². The molecule has 0 fully saturated rings. The summed E-state index contributed by atoms with van der Waals surface area (Å²) in [4.78, 5) is 0. The molecule has 0 saturated heterocycles. The number of aryl methyl sites for hydroxylation is 2. The highest BCUT2D eigenvalue weighted by atomic mass is 35.5. The number of hydrazine groups is 1. The molecular weight excluding hydrogens is 303 g/mol. The third-order valence-corrected chi connectivity index (χ3v) is 4.70. The Morgan fingerprint density at radius 1 is 1.05 bits per heavy atom. The van der Waals surface area contributed by atoms with Gasteiger partial charge in [-0.2, -0.15) is 0 Å². The van der Waals surface area contributed by atoms with Crippen LogP contribution in [0.3, 0.4) is 0 Å². The first-order chi connectivity index (χ1) is 10.2. The van der Waals surface area contributed by atoms with Crippen molar-refractivity contribution in [3.63, 3.8) is 0 Å². The van der Waals surface area contributed by atoms with Crippen molar-refractivity contribution >= 4 is 23.2 Å². The van der Waals surface area contributed by atoms with E-state index in [-0.39, 0.29) is 6.04 Å². The van der Waals surface area contributed by atoms with Crippen molar-refractivity contribution in [3.05, 3.63) is 68.7 Å². The summed E-state index contributed by atoms with van der Waals surface area (Å²) in [6.07, 6.45) is 4.47. The number of halogens is 2. The summed E-state index contributed by atoms with van der Waals surface area (Å²) in [5.74, 6) is 5.73. The van der Waals surface area contributed by atoms with Gasteiger partial charge < -0.3 is 0 Å². The number of fused-ring (bicyclic) bond motifs is 1. The van der Waals surface area contributed by atoms with E-state index in [1.54, 1.807) is 6.07 Å². The molecule has 0 radical (unpaired) electrons. The minimum Gasteiger partial charge on any atom is -0.271 e. The van der Waals surface area contributed by atoms with Gasteiger partial charge in [0.15, 0.2) is 0 Å². The van der Waals surface area contributed by atoms with E-state index in [1.807, 2.05) is 12.1 Å². The number of hydrogen-bond acceptors (Lipinski definition) is 2. The molecule has 0 saturated carbocycles. The molecule has 2 aromatic rings. The lowest BCUT2D eigenvalue weighted by atomic mass is 9.97. The lowest BCUT2D eigenvalue weighted by molar-refractivity contribution is 0.552. The maximum absolute atomic E-state index is 6.28. The first kappa shape index (κ1) is 14.9. The van der Waals surface area contributed by atoms with Crippen LogP contribution in [0, 0.1) is 0 Å². The van der Waals surface area contributed by atoms with Crippen molar-refractivity contribution in [2.24, 2.45) is 5.84 Å². The van der Waals surface area contributed by atoms with Crippen LogP contribution >= 0.6 is 23.2 Å². The SMILES string of the molecule is NNC(Cc1ccc2c(c1)CCC2)c1ccc(Cl)cc1Cl. The summed E-state index contributed by atoms with van der Waals surface area (Å²) < 4.78 is 0. The smallest absolute Gasteiger partial charge is 0.0515 e. The average Bonchev–Trinajstić information content (AvgIpc) is 2.93. The largest absolute Gasteiger partial charge is 0.271 e. The summed E-state index contributed by atoms with van der Waals surface area (Å²) in [5.41, 5.74) is 8.09. The second kappa shape index (κ2) is 6.37. The van der Waals surface area contributed by atoms with Crippen LogP contribution in [0.25, 0.3) is 0 Å². The normalized spacial score (nSPS) is 15.0. The molecule has 0 spiro atoms. The predicted octanol–water partition coefficient (Wildman–Crippen LogP) is 4.23. The van der Waals surface area contributed by atoms with Crippen LogP contribution in [0.4, 0.5) is 0 Å². The zero-order valence-corrected chi connectivity index (χ0v) is 13.2. The highest BCUT2D eigenvalue weighted by molar-refractivity contribution is 6.35. The molecule has 3 N–H and O–H groups in total. The fourth-order valence-electron chi connectivity index (χ4n) is 3.03. The molecule has 1 atom stereocenters. The van der Waals surface area contributed by atoms with E-state index < -0.39 is 0 Å². The highest BCUT2D eigenvalue weighted by Crippen LogP contribution is 2.29. The third kappa shape index (κ3) is 3.24. The Bertz CT molecular complexity index is 655. The average molecular weight is 321 g/mol. The van der Waals surface area contributed by atoms with E-state index in [9.17, 15) is 0 Å². The molecule has 0 amide bonds. The Labute approximate surface area is 135 Å². The highest BCUT2D eigenvalue weighted by Gasteiger charge is 2.16. The van der Waals surface area contributed by atoms with Gasteiger partial charge in [0, 0.05) is 10.0 Å². The van der Waals surface area contributed by atoms with Gasteiger partial charge in [0.25, 0.3) is 0 Å². The topological polar surface area (TPSA) is 38.0 Å². The molecule has 0 bridgehead atoms. The molecule has 3 rings (SSSR count). The molecule has 2 aromatic carbocycles. The standard InChI is InChI=1S/C17H18Cl2N2/c18-14-6-7-15(16(19)10-14)17(21-20)9-11-4-5-12-2-1-3-13(12)8-11/h4-8,10,17,21H,1-3,9,20H2. The predicted molar refractivity (Wildman–Crippen MR) is 88.7 cm³/mol. The fraction of sp³-hybridized carbons (Fsp3) is 0.294. The molecule has 0 heterocycles. The quantitative estimate of drug-likeness (QED) is 0.653. The third-order valence-electron chi connectivity index (χ3n) is 4.14. The van der Waals surface area contributed by atoms with Gasteiger partial charge in [0.2, 0.25) is 0 Å².